The largest absolute Gasteiger partial charge is 0.327 e. The van der Waals surface area contributed by atoms with Crippen LogP contribution in [0.15, 0.2) is 67.1 Å². The van der Waals surface area contributed by atoms with Crippen LogP contribution in [0.4, 0.5) is 0 Å². The summed E-state index contributed by atoms with van der Waals surface area (Å²) >= 11 is 0. The van der Waals surface area contributed by atoms with E-state index in [1.165, 1.54) is 54.0 Å². The zero-order valence-electron chi connectivity index (χ0n) is 21.3. The fourth-order valence-electron chi connectivity index (χ4n) is 6.25. The first kappa shape index (κ1) is 23.3. The minimum absolute atomic E-state index is 0.355. The first-order chi connectivity index (χ1) is 17.7. The summed E-state index contributed by atoms with van der Waals surface area (Å²) in [6.07, 6.45) is 11.8. The zero-order valence-corrected chi connectivity index (χ0v) is 21.3. The molecular formula is C30H36N6. The van der Waals surface area contributed by atoms with Crippen molar-refractivity contribution in [1.29, 1.82) is 0 Å². The molecule has 0 N–H and O–H groups in total. The predicted molar refractivity (Wildman–Crippen MR) is 143 cm³/mol. The molecule has 186 valence electrons. The van der Waals surface area contributed by atoms with Crippen LogP contribution in [-0.2, 0) is 26.1 Å². The number of rotatable bonds is 7. The molecule has 1 unspecified atom stereocenters. The molecule has 3 aromatic heterocycles. The summed E-state index contributed by atoms with van der Waals surface area (Å²) in [6.45, 7) is 5.13. The van der Waals surface area contributed by atoms with E-state index < -0.39 is 0 Å². The van der Waals surface area contributed by atoms with E-state index in [2.05, 4.69) is 68.9 Å². The van der Waals surface area contributed by atoms with Crippen molar-refractivity contribution in [3.05, 3.63) is 89.8 Å². The lowest BCUT2D eigenvalue weighted by Gasteiger charge is -2.34. The quantitative estimate of drug-likeness (QED) is 0.362. The van der Waals surface area contributed by atoms with Crippen LogP contribution in [0.5, 0.6) is 0 Å². The molecule has 2 aliphatic rings. The second kappa shape index (κ2) is 10.5. The number of hydrogen-bond acceptors (Lipinski definition) is 5. The molecule has 4 aromatic rings. The standard InChI is InChI=1S/C30H36N6/c1-34(28-14-4-10-25-11-6-16-32-30(25)28)22-29-33-26-12-2-3-13-27(26)36(29)21-24-9-7-17-35(20-24)19-23-8-5-15-31-18-23/h2-3,5-6,8,11-13,15-16,18,24,28H,4,7,9-10,14,17,19-22H2,1H3/t24-,28?/m0/s1. The van der Waals surface area contributed by atoms with Crippen LogP contribution in [0.25, 0.3) is 11.0 Å². The van der Waals surface area contributed by atoms with Gasteiger partial charge in [-0.2, -0.15) is 0 Å². The van der Waals surface area contributed by atoms with Crippen molar-refractivity contribution in [3.8, 4) is 0 Å². The maximum absolute atomic E-state index is 5.13. The Balaban J connectivity index is 1.22. The van der Waals surface area contributed by atoms with Crippen LogP contribution < -0.4 is 0 Å². The summed E-state index contributed by atoms with van der Waals surface area (Å²) in [5.41, 5.74) is 6.32. The summed E-state index contributed by atoms with van der Waals surface area (Å²) in [5, 5.41) is 0. The molecule has 1 aromatic carbocycles. The lowest BCUT2D eigenvalue weighted by atomic mass is 9.91. The Bertz CT molecular complexity index is 1300. The number of aromatic nitrogens is 4. The van der Waals surface area contributed by atoms with Gasteiger partial charge in [0.15, 0.2) is 0 Å². The first-order valence-electron chi connectivity index (χ1n) is 13.4. The van der Waals surface area contributed by atoms with Crippen LogP contribution in [0, 0.1) is 5.92 Å². The molecule has 1 saturated heterocycles. The van der Waals surface area contributed by atoms with Gasteiger partial charge in [0.1, 0.15) is 5.82 Å². The minimum Gasteiger partial charge on any atom is -0.327 e. The Morgan fingerprint density at radius 2 is 1.92 bits per heavy atom. The molecule has 0 radical (unpaired) electrons. The molecule has 1 aliphatic carbocycles. The van der Waals surface area contributed by atoms with Crippen molar-refractivity contribution in [3.63, 3.8) is 0 Å². The number of piperidine rings is 1. The van der Waals surface area contributed by atoms with Gasteiger partial charge in [-0.25, -0.2) is 4.98 Å². The summed E-state index contributed by atoms with van der Waals surface area (Å²) in [7, 11) is 2.24. The molecule has 1 fully saturated rings. The number of para-hydroxylation sites is 2. The number of hydrogen-bond donors (Lipinski definition) is 0. The van der Waals surface area contributed by atoms with Crippen LogP contribution in [0.2, 0.25) is 0 Å². The molecule has 1 aliphatic heterocycles. The van der Waals surface area contributed by atoms with Crippen LogP contribution in [0.3, 0.4) is 0 Å². The normalized spacial score (nSPS) is 20.6. The summed E-state index contributed by atoms with van der Waals surface area (Å²) in [6, 6.07) is 17.5. The second-order valence-electron chi connectivity index (χ2n) is 10.6. The fourth-order valence-corrected chi connectivity index (χ4v) is 6.25. The highest BCUT2D eigenvalue weighted by atomic mass is 15.2. The van der Waals surface area contributed by atoms with Crippen molar-refractivity contribution in [2.75, 3.05) is 20.1 Å². The van der Waals surface area contributed by atoms with E-state index in [0.29, 0.717) is 12.0 Å². The maximum atomic E-state index is 5.13. The molecule has 0 saturated carbocycles. The summed E-state index contributed by atoms with van der Waals surface area (Å²) < 4.78 is 2.51. The Labute approximate surface area is 214 Å². The molecular weight excluding hydrogens is 444 g/mol. The highest BCUT2D eigenvalue weighted by molar-refractivity contribution is 5.75. The van der Waals surface area contributed by atoms with Gasteiger partial charge in [-0.3, -0.25) is 19.8 Å². The Kier molecular flexibility index (Phi) is 6.79. The first-order valence-corrected chi connectivity index (χ1v) is 13.4. The second-order valence-corrected chi connectivity index (χ2v) is 10.6. The van der Waals surface area contributed by atoms with Gasteiger partial charge in [0.25, 0.3) is 0 Å². The van der Waals surface area contributed by atoms with E-state index in [4.69, 9.17) is 9.97 Å². The zero-order chi connectivity index (χ0) is 24.3. The number of nitrogens with zero attached hydrogens (tertiary/aromatic N) is 6. The van der Waals surface area contributed by atoms with Crippen LogP contribution >= 0.6 is 0 Å². The van der Waals surface area contributed by atoms with Gasteiger partial charge in [-0.05, 0) is 87.0 Å². The highest BCUT2D eigenvalue weighted by Crippen LogP contribution is 2.33. The predicted octanol–water partition coefficient (Wildman–Crippen LogP) is 5.25. The van der Waals surface area contributed by atoms with Crippen LogP contribution in [-0.4, -0.2) is 49.5 Å². The van der Waals surface area contributed by atoms with Crippen molar-refractivity contribution in [2.45, 2.75) is 57.8 Å². The minimum atomic E-state index is 0.355. The molecule has 6 rings (SSSR count). The van der Waals surface area contributed by atoms with Crippen molar-refractivity contribution in [1.82, 2.24) is 29.3 Å². The average molecular weight is 481 g/mol. The average Bonchev–Trinajstić information content (AvgIpc) is 3.25. The smallest absolute Gasteiger partial charge is 0.124 e. The van der Waals surface area contributed by atoms with E-state index >= 15 is 0 Å². The number of imidazole rings is 1. The summed E-state index contributed by atoms with van der Waals surface area (Å²) in [4.78, 5) is 19.3. The molecule has 6 heteroatoms. The third kappa shape index (κ3) is 4.93. The molecule has 6 nitrogen and oxygen atoms in total. The van der Waals surface area contributed by atoms with Gasteiger partial charge in [0.2, 0.25) is 0 Å². The van der Waals surface area contributed by atoms with E-state index in [0.717, 1.165) is 44.5 Å². The Morgan fingerprint density at radius 3 is 2.83 bits per heavy atom. The number of likely N-dealkylation sites (tertiary alicyclic amines) is 1. The third-order valence-electron chi connectivity index (χ3n) is 7.99. The topological polar surface area (TPSA) is 50.1 Å². The van der Waals surface area contributed by atoms with E-state index in [-0.39, 0.29) is 0 Å². The lowest BCUT2D eigenvalue weighted by molar-refractivity contribution is 0.153. The molecule has 0 bridgehead atoms. The van der Waals surface area contributed by atoms with Gasteiger partial charge in [-0.1, -0.05) is 24.3 Å². The monoisotopic (exact) mass is 480 g/mol. The molecule has 2 atom stereocenters. The number of fused-ring (bicyclic) bond motifs is 2. The van der Waals surface area contributed by atoms with Gasteiger partial charge >= 0.3 is 0 Å². The number of aryl methyl sites for hydroxylation is 1. The SMILES string of the molecule is CN(Cc1nc2ccccc2n1C[C@H]1CCCN(Cc2cccnc2)C1)C1CCCc2cccnc21. The Morgan fingerprint density at radius 1 is 1.00 bits per heavy atom. The molecule has 36 heavy (non-hydrogen) atoms. The highest BCUT2D eigenvalue weighted by Gasteiger charge is 2.27. The van der Waals surface area contributed by atoms with E-state index in [9.17, 15) is 0 Å². The van der Waals surface area contributed by atoms with Crippen molar-refractivity contribution < 1.29 is 0 Å². The van der Waals surface area contributed by atoms with Crippen LogP contribution in [0.1, 0.15) is 54.4 Å². The van der Waals surface area contributed by atoms with Crippen molar-refractivity contribution in [2.24, 2.45) is 5.92 Å². The summed E-state index contributed by atoms with van der Waals surface area (Å²) in [5.74, 6) is 1.79. The number of pyridine rings is 2. The lowest BCUT2D eigenvalue weighted by Crippen LogP contribution is -2.37. The van der Waals surface area contributed by atoms with Gasteiger partial charge in [0, 0.05) is 38.2 Å². The van der Waals surface area contributed by atoms with Gasteiger partial charge < -0.3 is 4.57 Å². The maximum Gasteiger partial charge on any atom is 0.124 e. The fraction of sp³-hybridized carbons (Fsp3) is 0.433. The number of benzene rings is 1. The van der Waals surface area contributed by atoms with Gasteiger partial charge in [0.05, 0.1) is 29.3 Å². The van der Waals surface area contributed by atoms with E-state index in [1.807, 2.05) is 24.7 Å². The van der Waals surface area contributed by atoms with E-state index in [1.54, 1.807) is 0 Å². The van der Waals surface area contributed by atoms with Crippen molar-refractivity contribution >= 4 is 11.0 Å². The molecule has 4 heterocycles. The van der Waals surface area contributed by atoms with Gasteiger partial charge in [-0.15, -0.1) is 0 Å². The Hall–Kier alpha value is -3.09. The molecule has 0 amide bonds. The third-order valence-corrected chi connectivity index (χ3v) is 7.99. The molecule has 0 spiro atoms.